The zero-order valence-corrected chi connectivity index (χ0v) is 11.0. The van der Waals surface area contributed by atoms with Crippen LogP contribution < -0.4 is 5.32 Å². The lowest BCUT2D eigenvalue weighted by Gasteiger charge is -2.29. The maximum atomic E-state index is 12.8. The van der Waals surface area contributed by atoms with Crippen molar-refractivity contribution in [2.45, 2.75) is 31.2 Å². The standard InChI is InChI=1S/C13H13ClF3NO/c1-7-9(13(15,16)17)2-3-10(11(7)14)12-4-8(5-19-12)18-6-12/h2-3,8,18H,4-6H2,1H3. The van der Waals surface area contributed by atoms with Crippen molar-refractivity contribution in [3.63, 3.8) is 0 Å². The van der Waals surface area contributed by atoms with Crippen LogP contribution in [0.3, 0.4) is 0 Å². The van der Waals surface area contributed by atoms with E-state index < -0.39 is 17.3 Å². The van der Waals surface area contributed by atoms with Gasteiger partial charge in [0, 0.05) is 18.2 Å². The van der Waals surface area contributed by atoms with Crippen LogP contribution in [0.4, 0.5) is 13.2 Å². The molecule has 2 aliphatic rings. The molecule has 0 aliphatic carbocycles. The van der Waals surface area contributed by atoms with Gasteiger partial charge in [0.25, 0.3) is 0 Å². The van der Waals surface area contributed by atoms with Crippen molar-refractivity contribution < 1.29 is 17.9 Å². The predicted molar refractivity (Wildman–Crippen MR) is 65.2 cm³/mol. The second-order valence-electron chi connectivity index (χ2n) is 5.18. The van der Waals surface area contributed by atoms with Crippen molar-refractivity contribution >= 4 is 11.6 Å². The van der Waals surface area contributed by atoms with Crippen molar-refractivity contribution in [1.29, 1.82) is 0 Å². The third-order valence-electron chi connectivity index (χ3n) is 4.00. The first kappa shape index (κ1) is 13.2. The summed E-state index contributed by atoms with van der Waals surface area (Å²) >= 11 is 6.16. The van der Waals surface area contributed by atoms with E-state index in [2.05, 4.69) is 5.32 Å². The highest BCUT2D eigenvalue weighted by atomic mass is 35.5. The molecule has 6 heteroatoms. The Hall–Kier alpha value is -0.780. The van der Waals surface area contributed by atoms with Gasteiger partial charge in [0.2, 0.25) is 0 Å². The summed E-state index contributed by atoms with van der Waals surface area (Å²) in [5.41, 5.74) is -0.512. The Morgan fingerprint density at radius 1 is 1.42 bits per heavy atom. The van der Waals surface area contributed by atoms with Gasteiger partial charge in [0.1, 0.15) is 5.60 Å². The van der Waals surface area contributed by atoms with Crippen LogP contribution in [0.5, 0.6) is 0 Å². The second-order valence-corrected chi connectivity index (χ2v) is 5.56. The first-order valence-electron chi connectivity index (χ1n) is 6.08. The highest BCUT2D eigenvalue weighted by Gasteiger charge is 2.49. The van der Waals surface area contributed by atoms with Gasteiger partial charge in [-0.3, -0.25) is 0 Å². The first-order valence-corrected chi connectivity index (χ1v) is 6.45. The average molecular weight is 292 g/mol. The number of ether oxygens (including phenoxy) is 1. The molecule has 2 bridgehead atoms. The van der Waals surface area contributed by atoms with E-state index in [0.717, 1.165) is 12.5 Å². The fourth-order valence-electron chi connectivity index (χ4n) is 2.97. The molecular formula is C13H13ClF3NO. The first-order chi connectivity index (χ1) is 8.83. The molecule has 2 fully saturated rings. The van der Waals surface area contributed by atoms with Gasteiger partial charge < -0.3 is 10.1 Å². The lowest BCUT2D eigenvalue weighted by Crippen LogP contribution is -2.37. The molecule has 2 heterocycles. The molecule has 3 rings (SSSR count). The summed E-state index contributed by atoms with van der Waals surface area (Å²) in [6.45, 7) is 2.58. The van der Waals surface area contributed by atoms with Crippen LogP contribution in [-0.4, -0.2) is 19.2 Å². The lowest BCUT2D eigenvalue weighted by molar-refractivity contribution is -0.138. The van der Waals surface area contributed by atoms with Crippen molar-refractivity contribution in [3.05, 3.63) is 33.8 Å². The van der Waals surface area contributed by atoms with Crippen LogP contribution in [0.25, 0.3) is 0 Å². The molecule has 1 aromatic rings. The number of hydrogen-bond donors (Lipinski definition) is 1. The molecule has 2 aliphatic heterocycles. The Kier molecular flexibility index (Phi) is 2.86. The number of benzene rings is 1. The van der Waals surface area contributed by atoms with Crippen LogP contribution in [0.2, 0.25) is 5.02 Å². The molecule has 0 amide bonds. The van der Waals surface area contributed by atoms with Gasteiger partial charge in [0.05, 0.1) is 17.2 Å². The fourth-order valence-corrected chi connectivity index (χ4v) is 3.30. The van der Waals surface area contributed by atoms with Crippen molar-refractivity contribution in [1.82, 2.24) is 5.32 Å². The van der Waals surface area contributed by atoms with Crippen molar-refractivity contribution in [2.24, 2.45) is 0 Å². The molecule has 19 heavy (non-hydrogen) atoms. The van der Waals surface area contributed by atoms with E-state index in [9.17, 15) is 13.2 Å². The monoisotopic (exact) mass is 291 g/mol. The maximum absolute atomic E-state index is 12.8. The summed E-state index contributed by atoms with van der Waals surface area (Å²) in [7, 11) is 0. The van der Waals surface area contributed by atoms with E-state index in [1.165, 1.54) is 13.0 Å². The Bertz CT molecular complexity index is 521. The number of rotatable bonds is 1. The Morgan fingerprint density at radius 3 is 2.63 bits per heavy atom. The normalized spacial score (nSPS) is 30.1. The van der Waals surface area contributed by atoms with Crippen LogP contribution in [-0.2, 0) is 16.5 Å². The Labute approximate surface area is 113 Å². The van der Waals surface area contributed by atoms with Gasteiger partial charge in [-0.25, -0.2) is 0 Å². The van der Waals surface area contributed by atoms with Crippen LogP contribution in [0.15, 0.2) is 12.1 Å². The molecule has 1 N–H and O–H groups in total. The summed E-state index contributed by atoms with van der Waals surface area (Å²) in [4.78, 5) is 0. The quantitative estimate of drug-likeness (QED) is 0.857. The van der Waals surface area contributed by atoms with Gasteiger partial charge in [0.15, 0.2) is 0 Å². The van der Waals surface area contributed by atoms with Gasteiger partial charge in [-0.2, -0.15) is 13.2 Å². The molecule has 104 valence electrons. The third-order valence-corrected chi connectivity index (χ3v) is 4.48. The number of fused-ring (bicyclic) bond motifs is 2. The molecule has 2 unspecified atom stereocenters. The number of nitrogens with one attached hydrogen (secondary N) is 1. The van der Waals surface area contributed by atoms with Crippen molar-refractivity contribution in [3.8, 4) is 0 Å². The predicted octanol–water partition coefficient (Wildman–Crippen LogP) is 3.25. The molecule has 2 nitrogen and oxygen atoms in total. The third kappa shape index (κ3) is 1.95. The molecule has 0 aromatic heterocycles. The molecule has 0 radical (unpaired) electrons. The van der Waals surface area contributed by atoms with Crippen LogP contribution >= 0.6 is 11.6 Å². The van der Waals surface area contributed by atoms with Crippen LogP contribution in [0.1, 0.15) is 23.1 Å². The fraction of sp³-hybridized carbons (Fsp3) is 0.538. The van der Waals surface area contributed by atoms with E-state index in [0.29, 0.717) is 18.7 Å². The van der Waals surface area contributed by atoms with Crippen LogP contribution in [0, 0.1) is 6.92 Å². The van der Waals surface area contributed by atoms with Gasteiger partial charge >= 0.3 is 6.18 Å². The van der Waals surface area contributed by atoms with Gasteiger partial charge in [-0.15, -0.1) is 0 Å². The summed E-state index contributed by atoms with van der Waals surface area (Å²) in [5.74, 6) is 0. The van der Waals surface area contributed by atoms with E-state index in [4.69, 9.17) is 16.3 Å². The minimum absolute atomic E-state index is 0.0694. The number of morpholine rings is 1. The lowest BCUT2D eigenvalue weighted by atomic mass is 9.90. The van der Waals surface area contributed by atoms with E-state index >= 15 is 0 Å². The van der Waals surface area contributed by atoms with E-state index in [-0.39, 0.29) is 16.6 Å². The summed E-state index contributed by atoms with van der Waals surface area (Å²) < 4.78 is 44.2. The summed E-state index contributed by atoms with van der Waals surface area (Å²) in [6.07, 6.45) is -3.62. The average Bonchev–Trinajstić information content (AvgIpc) is 2.91. The molecule has 1 aromatic carbocycles. The van der Waals surface area contributed by atoms with Crippen molar-refractivity contribution in [2.75, 3.05) is 13.2 Å². The Balaban J connectivity index is 2.08. The maximum Gasteiger partial charge on any atom is 0.416 e. The molecule has 0 saturated carbocycles. The second kappa shape index (κ2) is 4.11. The molecular weight excluding hydrogens is 279 g/mol. The van der Waals surface area contributed by atoms with Gasteiger partial charge in [-0.1, -0.05) is 17.7 Å². The molecule has 2 atom stereocenters. The summed E-state index contributed by atoms with van der Waals surface area (Å²) in [5, 5.41) is 3.45. The minimum Gasteiger partial charge on any atom is -0.367 e. The largest absolute Gasteiger partial charge is 0.416 e. The van der Waals surface area contributed by atoms with E-state index in [1.807, 2.05) is 0 Å². The van der Waals surface area contributed by atoms with Gasteiger partial charge in [-0.05, 0) is 25.0 Å². The zero-order valence-electron chi connectivity index (χ0n) is 10.3. The SMILES string of the molecule is Cc1c(C(F)(F)F)ccc(C23CNC(CO2)C3)c1Cl. The minimum atomic E-state index is -4.38. The molecule has 2 saturated heterocycles. The zero-order chi connectivity index (χ0) is 13.8. The Morgan fingerprint density at radius 2 is 2.16 bits per heavy atom. The molecule has 0 spiro atoms. The number of hydrogen-bond acceptors (Lipinski definition) is 2. The smallest absolute Gasteiger partial charge is 0.367 e. The van der Waals surface area contributed by atoms with E-state index in [1.54, 1.807) is 0 Å². The summed E-state index contributed by atoms with van der Waals surface area (Å²) in [6, 6.07) is 2.83. The highest BCUT2D eigenvalue weighted by molar-refractivity contribution is 6.32. The number of halogens is 4. The highest BCUT2D eigenvalue weighted by Crippen LogP contribution is 2.46. The number of alkyl halides is 3. The topological polar surface area (TPSA) is 21.3 Å².